The smallest absolute Gasteiger partial charge is 0.197 e. The Hall–Kier alpha value is -0.0600. The van der Waals surface area contributed by atoms with Crippen molar-refractivity contribution in [1.29, 1.82) is 0 Å². The summed E-state index contributed by atoms with van der Waals surface area (Å²) in [6.45, 7) is 0. The second-order valence-corrected chi connectivity index (χ2v) is 4.41. The predicted octanol–water partition coefficient (Wildman–Crippen LogP) is 3.66. The van der Waals surface area contributed by atoms with Crippen LogP contribution < -0.4 is 0 Å². The first kappa shape index (κ1) is 9.49. The summed E-state index contributed by atoms with van der Waals surface area (Å²) >= 11 is 2.31. The van der Waals surface area contributed by atoms with Gasteiger partial charge in [-0.25, -0.2) is 4.98 Å². The molecule has 0 N–H and O–H groups in total. The Bertz CT molecular complexity index is 266. The fourth-order valence-corrected chi connectivity index (χ4v) is 2.27. The Labute approximate surface area is 92.3 Å². The second kappa shape index (κ2) is 4.44. The highest BCUT2D eigenvalue weighted by atomic mass is 127. The molecule has 0 aromatic carbocycles. The van der Waals surface area contributed by atoms with E-state index in [1.807, 2.05) is 0 Å². The average molecular weight is 291 g/mol. The van der Waals surface area contributed by atoms with Crippen molar-refractivity contribution in [2.24, 2.45) is 0 Å². The van der Waals surface area contributed by atoms with Gasteiger partial charge in [0, 0.05) is 10.3 Å². The van der Waals surface area contributed by atoms with Crippen molar-refractivity contribution in [3.63, 3.8) is 0 Å². The molecule has 13 heavy (non-hydrogen) atoms. The van der Waals surface area contributed by atoms with Crippen LogP contribution in [0.1, 0.15) is 49.6 Å². The number of rotatable bonds is 2. The Balaban J connectivity index is 2.05. The lowest BCUT2D eigenvalue weighted by Gasteiger charge is -2.17. The number of aromatic nitrogens is 1. The van der Waals surface area contributed by atoms with Crippen LogP contribution in [0.2, 0.25) is 0 Å². The molecule has 0 bridgehead atoms. The van der Waals surface area contributed by atoms with E-state index in [4.69, 9.17) is 4.42 Å². The maximum atomic E-state index is 5.48. The van der Waals surface area contributed by atoms with Gasteiger partial charge in [0.25, 0.3) is 0 Å². The molecule has 1 aliphatic rings. The molecule has 1 aliphatic carbocycles. The zero-order valence-electron chi connectivity index (χ0n) is 7.63. The predicted molar refractivity (Wildman–Crippen MR) is 60.1 cm³/mol. The number of oxazole rings is 1. The van der Waals surface area contributed by atoms with E-state index in [2.05, 4.69) is 27.6 Å². The standard InChI is InChI=1S/C10H14INO/c11-6-9-7-13-10(12-9)8-4-2-1-3-5-8/h7-8H,1-6H2. The third kappa shape index (κ3) is 2.24. The number of alkyl halides is 1. The Morgan fingerprint density at radius 1 is 1.38 bits per heavy atom. The van der Waals surface area contributed by atoms with Crippen LogP contribution in [0.5, 0.6) is 0 Å². The van der Waals surface area contributed by atoms with Crippen molar-refractivity contribution in [1.82, 2.24) is 4.98 Å². The largest absolute Gasteiger partial charge is 0.448 e. The summed E-state index contributed by atoms with van der Waals surface area (Å²) in [4.78, 5) is 4.48. The molecule has 1 heterocycles. The summed E-state index contributed by atoms with van der Waals surface area (Å²) in [5.74, 6) is 1.58. The topological polar surface area (TPSA) is 26.0 Å². The lowest BCUT2D eigenvalue weighted by Crippen LogP contribution is -2.04. The van der Waals surface area contributed by atoms with E-state index in [0.29, 0.717) is 5.92 Å². The summed E-state index contributed by atoms with van der Waals surface area (Å²) in [7, 11) is 0. The highest BCUT2D eigenvalue weighted by Crippen LogP contribution is 2.32. The SMILES string of the molecule is ICc1coc(C2CCCCC2)n1. The van der Waals surface area contributed by atoms with Crippen LogP contribution in [0.25, 0.3) is 0 Å². The van der Waals surface area contributed by atoms with Gasteiger partial charge in [-0.3, -0.25) is 0 Å². The van der Waals surface area contributed by atoms with Gasteiger partial charge in [-0.05, 0) is 12.8 Å². The molecule has 1 saturated carbocycles. The van der Waals surface area contributed by atoms with Crippen LogP contribution in [-0.2, 0) is 4.43 Å². The first-order valence-electron chi connectivity index (χ1n) is 4.90. The Morgan fingerprint density at radius 3 is 2.77 bits per heavy atom. The van der Waals surface area contributed by atoms with E-state index in [-0.39, 0.29) is 0 Å². The highest BCUT2D eigenvalue weighted by Gasteiger charge is 2.19. The third-order valence-electron chi connectivity index (χ3n) is 2.66. The minimum Gasteiger partial charge on any atom is -0.448 e. The van der Waals surface area contributed by atoms with Gasteiger partial charge in [0.2, 0.25) is 0 Å². The summed E-state index contributed by atoms with van der Waals surface area (Å²) in [5, 5.41) is 0. The maximum Gasteiger partial charge on any atom is 0.197 e. The van der Waals surface area contributed by atoms with Gasteiger partial charge in [0.1, 0.15) is 6.26 Å². The lowest BCUT2D eigenvalue weighted by atomic mass is 9.89. The summed E-state index contributed by atoms with van der Waals surface area (Å²) < 4.78 is 6.43. The Morgan fingerprint density at radius 2 is 2.15 bits per heavy atom. The third-order valence-corrected chi connectivity index (χ3v) is 3.44. The zero-order chi connectivity index (χ0) is 9.10. The fraction of sp³-hybridized carbons (Fsp3) is 0.700. The summed E-state index contributed by atoms with van der Waals surface area (Å²) in [5.41, 5.74) is 1.08. The van der Waals surface area contributed by atoms with Crippen LogP contribution in [0.15, 0.2) is 10.7 Å². The monoisotopic (exact) mass is 291 g/mol. The molecule has 72 valence electrons. The average Bonchev–Trinajstić information content (AvgIpc) is 2.67. The van der Waals surface area contributed by atoms with Crippen LogP contribution in [0, 0.1) is 0 Å². The molecule has 3 heteroatoms. The van der Waals surface area contributed by atoms with E-state index in [9.17, 15) is 0 Å². The molecule has 1 aromatic heterocycles. The van der Waals surface area contributed by atoms with Gasteiger partial charge in [-0.15, -0.1) is 0 Å². The van der Waals surface area contributed by atoms with Gasteiger partial charge < -0.3 is 4.42 Å². The molecular formula is C10H14INO. The van der Waals surface area contributed by atoms with Crippen molar-refractivity contribution in [2.75, 3.05) is 0 Å². The first-order chi connectivity index (χ1) is 6.40. The minimum absolute atomic E-state index is 0.602. The molecule has 0 saturated heterocycles. The molecular weight excluding hydrogens is 277 g/mol. The van der Waals surface area contributed by atoms with Gasteiger partial charge in [-0.1, -0.05) is 41.9 Å². The molecule has 0 spiro atoms. The summed E-state index contributed by atoms with van der Waals surface area (Å²) in [6, 6.07) is 0. The normalized spacial score (nSPS) is 19.2. The quantitative estimate of drug-likeness (QED) is 0.614. The lowest BCUT2D eigenvalue weighted by molar-refractivity contribution is 0.363. The van der Waals surface area contributed by atoms with Crippen molar-refractivity contribution in [3.05, 3.63) is 17.8 Å². The minimum atomic E-state index is 0.602. The van der Waals surface area contributed by atoms with Crippen molar-refractivity contribution in [2.45, 2.75) is 42.4 Å². The second-order valence-electron chi connectivity index (χ2n) is 3.65. The van der Waals surface area contributed by atoms with Gasteiger partial charge in [0.05, 0.1) is 5.69 Å². The van der Waals surface area contributed by atoms with Crippen molar-refractivity contribution >= 4 is 22.6 Å². The van der Waals surface area contributed by atoms with E-state index in [0.717, 1.165) is 16.0 Å². The van der Waals surface area contributed by atoms with Gasteiger partial charge >= 0.3 is 0 Å². The van der Waals surface area contributed by atoms with E-state index in [1.54, 1.807) is 6.26 Å². The van der Waals surface area contributed by atoms with Crippen LogP contribution in [-0.4, -0.2) is 4.98 Å². The molecule has 2 nitrogen and oxygen atoms in total. The van der Waals surface area contributed by atoms with Crippen molar-refractivity contribution < 1.29 is 4.42 Å². The zero-order valence-corrected chi connectivity index (χ0v) is 9.79. The molecule has 1 aromatic rings. The molecule has 0 radical (unpaired) electrons. The number of nitrogens with zero attached hydrogens (tertiary/aromatic N) is 1. The van der Waals surface area contributed by atoms with E-state index >= 15 is 0 Å². The van der Waals surface area contributed by atoms with Crippen molar-refractivity contribution in [3.8, 4) is 0 Å². The van der Waals surface area contributed by atoms with E-state index < -0.39 is 0 Å². The molecule has 0 amide bonds. The first-order valence-corrected chi connectivity index (χ1v) is 6.43. The summed E-state index contributed by atoms with van der Waals surface area (Å²) in [6.07, 6.45) is 8.40. The molecule has 1 fully saturated rings. The van der Waals surface area contributed by atoms with Gasteiger partial charge in [-0.2, -0.15) is 0 Å². The molecule has 0 unspecified atom stereocenters. The maximum absolute atomic E-state index is 5.48. The number of hydrogen-bond donors (Lipinski definition) is 0. The van der Waals surface area contributed by atoms with E-state index in [1.165, 1.54) is 32.1 Å². The molecule has 2 rings (SSSR count). The highest BCUT2D eigenvalue weighted by molar-refractivity contribution is 14.1. The number of hydrogen-bond acceptors (Lipinski definition) is 2. The fourth-order valence-electron chi connectivity index (χ4n) is 1.92. The van der Waals surface area contributed by atoms with Gasteiger partial charge in [0.15, 0.2) is 5.89 Å². The van der Waals surface area contributed by atoms with Crippen LogP contribution >= 0.6 is 22.6 Å². The van der Waals surface area contributed by atoms with Crippen LogP contribution in [0.4, 0.5) is 0 Å². The number of halogens is 1. The van der Waals surface area contributed by atoms with Crippen LogP contribution in [0.3, 0.4) is 0 Å². The molecule has 0 aliphatic heterocycles. The Kier molecular flexibility index (Phi) is 3.24. The molecule has 0 atom stereocenters.